The molecule has 0 bridgehead atoms. The molecule has 0 radical (unpaired) electrons. The largest absolute Gasteiger partial charge is 0.495 e. The van der Waals surface area contributed by atoms with E-state index < -0.39 is 80.4 Å². The smallest absolute Gasteiger partial charge is 0.277 e. The van der Waals surface area contributed by atoms with Gasteiger partial charge >= 0.3 is 0 Å². The molecule has 1 aliphatic rings. The van der Waals surface area contributed by atoms with Crippen LogP contribution in [0.3, 0.4) is 0 Å². The number of sulfonamides is 1. The number of nitrogens with two attached hydrogens (primary N) is 1. The molecule has 9 nitrogen and oxygen atoms in total. The van der Waals surface area contributed by atoms with Crippen molar-refractivity contribution >= 4 is 27.6 Å². The summed E-state index contributed by atoms with van der Waals surface area (Å²) in [6, 6.07) is 2.21. The number of hydrogen-bond donors (Lipinski definition) is 2. The third-order valence-electron chi connectivity index (χ3n) is 4.59. The van der Waals surface area contributed by atoms with Crippen LogP contribution < -0.4 is 15.8 Å². The van der Waals surface area contributed by atoms with Crippen molar-refractivity contribution in [2.45, 2.75) is 12.5 Å². The molecule has 3 N–H and O–H groups in total. The number of carbonyl (C=O) groups excluding carboxylic acids is 1. The highest BCUT2D eigenvalue weighted by molar-refractivity contribution is 7.89. The minimum Gasteiger partial charge on any atom is -0.495 e. The fourth-order valence-corrected chi connectivity index (χ4v) is 4.48. The summed E-state index contributed by atoms with van der Waals surface area (Å²) in [6.07, 6.45) is 0.777. The van der Waals surface area contributed by atoms with Crippen molar-refractivity contribution in [1.82, 2.24) is 9.29 Å². The number of aliphatic imine (C=N–C) groups is 1. The molecular weight excluding hydrogens is 439 g/mol. The van der Waals surface area contributed by atoms with Crippen molar-refractivity contribution in [1.29, 1.82) is 0 Å². The van der Waals surface area contributed by atoms with Crippen LogP contribution in [0.5, 0.6) is 5.75 Å². The molecule has 2 heterocycles. The van der Waals surface area contributed by atoms with Crippen molar-refractivity contribution in [2.24, 2.45) is 10.7 Å². The molecule has 0 saturated heterocycles. The van der Waals surface area contributed by atoms with Crippen molar-refractivity contribution in [3.63, 3.8) is 0 Å². The summed E-state index contributed by atoms with van der Waals surface area (Å²) in [5.74, 6) is -6.81. The Morgan fingerprint density at radius 3 is 2.68 bits per heavy atom. The van der Waals surface area contributed by atoms with E-state index in [2.05, 4.69) is 14.7 Å². The molecule has 1 aliphatic heterocycles. The Morgan fingerprint density at radius 2 is 2.06 bits per heavy atom. The van der Waals surface area contributed by atoms with E-state index in [1.807, 2.05) is 5.32 Å². The van der Waals surface area contributed by atoms with Crippen molar-refractivity contribution in [3.05, 3.63) is 53.1 Å². The number of nitrogens with one attached hydrogen (secondary N) is 1. The molecular formula is C18H18F3N5O4S. The quantitative estimate of drug-likeness (QED) is 0.713. The van der Waals surface area contributed by atoms with Crippen LogP contribution >= 0.6 is 0 Å². The zero-order chi connectivity index (χ0) is 25.6. The van der Waals surface area contributed by atoms with Crippen LogP contribution in [0.1, 0.15) is 27.1 Å². The maximum Gasteiger partial charge on any atom is 0.277 e. The van der Waals surface area contributed by atoms with Gasteiger partial charge in [-0.2, -0.15) is 0 Å². The lowest BCUT2D eigenvalue weighted by Crippen LogP contribution is -2.50. The number of hydrogen-bond acceptors (Lipinski definition) is 7. The number of ether oxygens (including phenoxy) is 1. The highest BCUT2D eigenvalue weighted by atomic mass is 32.2. The van der Waals surface area contributed by atoms with Crippen LogP contribution in [0.4, 0.5) is 18.9 Å². The molecule has 1 aromatic heterocycles. The summed E-state index contributed by atoms with van der Waals surface area (Å²) in [5, 5.41) is 2.03. The van der Waals surface area contributed by atoms with Gasteiger partial charge in [-0.25, -0.2) is 35.9 Å². The molecule has 3 rings (SSSR count). The molecule has 1 atom stereocenters. The van der Waals surface area contributed by atoms with E-state index in [0.717, 1.165) is 32.3 Å². The fraction of sp³-hybridized carbons (Fsp3) is 0.278. The molecule has 0 unspecified atom stereocenters. The Hall–Kier alpha value is -3.35. The topological polar surface area (TPSA) is 127 Å². The second-order valence-corrected chi connectivity index (χ2v) is 8.81. The van der Waals surface area contributed by atoms with Gasteiger partial charge in [0.15, 0.2) is 17.3 Å². The average Bonchev–Trinajstić information content (AvgIpc) is 2.66. The number of rotatable bonds is 4. The highest BCUT2D eigenvalue weighted by Crippen LogP contribution is 2.37. The number of methoxy groups -OCH3 is 1. The zero-order valence-corrected chi connectivity index (χ0v) is 16.9. The van der Waals surface area contributed by atoms with E-state index >= 15 is 4.39 Å². The zero-order valence-electron chi connectivity index (χ0n) is 19.1. The summed E-state index contributed by atoms with van der Waals surface area (Å²) in [6.45, 7) is 1.16. The van der Waals surface area contributed by atoms with Crippen LogP contribution in [0.25, 0.3) is 0 Å². The molecule has 1 amide bonds. The number of halogens is 3. The number of benzene rings is 1. The lowest BCUT2D eigenvalue weighted by atomic mass is 9.92. The van der Waals surface area contributed by atoms with Gasteiger partial charge in [-0.1, -0.05) is 0 Å². The molecule has 0 fully saturated rings. The Kier molecular flexibility index (Phi) is 4.59. The molecule has 0 spiro atoms. The standard InChI is InChI=1S/C18H18F3N5O4S/c1-18(8-31(28,29)26(2)17(22)25-18)13-10(19)4-5-12(14(13)21)24-16(27)15-11(20)6-9(30-3)7-23-15/h4-7H,8H2,1-3H3,(H2,22,25)(H,24,27)/t18-/m0/s1/i3D3. The van der Waals surface area contributed by atoms with Crippen molar-refractivity contribution < 1.29 is 35.2 Å². The van der Waals surface area contributed by atoms with Crippen LogP contribution in [-0.4, -0.2) is 49.4 Å². The molecule has 0 aliphatic carbocycles. The van der Waals surface area contributed by atoms with E-state index in [1.54, 1.807) is 0 Å². The monoisotopic (exact) mass is 460 g/mol. The van der Waals surface area contributed by atoms with Crippen LogP contribution in [0.2, 0.25) is 0 Å². The predicted octanol–water partition coefficient (Wildman–Crippen LogP) is 1.56. The molecule has 31 heavy (non-hydrogen) atoms. The first-order valence-electron chi connectivity index (χ1n) is 10.0. The molecule has 166 valence electrons. The predicted molar refractivity (Wildman–Crippen MR) is 106 cm³/mol. The molecule has 13 heteroatoms. The summed E-state index contributed by atoms with van der Waals surface area (Å²) in [7, 11) is -5.80. The number of aromatic nitrogens is 1. The van der Waals surface area contributed by atoms with Gasteiger partial charge in [-0.3, -0.25) is 4.79 Å². The van der Waals surface area contributed by atoms with Crippen LogP contribution in [0, 0.1) is 17.5 Å². The van der Waals surface area contributed by atoms with Crippen LogP contribution in [-0.2, 0) is 15.6 Å². The number of carbonyl (C=O) groups is 1. The van der Waals surface area contributed by atoms with E-state index in [9.17, 15) is 22.0 Å². The van der Waals surface area contributed by atoms with Gasteiger partial charge in [0.05, 0.1) is 34.4 Å². The highest BCUT2D eigenvalue weighted by Gasteiger charge is 2.44. The Bertz CT molecular complexity index is 1310. The maximum absolute atomic E-state index is 15.3. The third kappa shape index (κ3) is 4.00. The number of amides is 1. The fourth-order valence-electron chi connectivity index (χ4n) is 3.05. The van der Waals surface area contributed by atoms with E-state index in [-0.39, 0.29) is 0 Å². The van der Waals surface area contributed by atoms with Crippen LogP contribution in [0.15, 0.2) is 29.4 Å². The van der Waals surface area contributed by atoms with E-state index in [4.69, 9.17) is 9.85 Å². The first-order valence-corrected chi connectivity index (χ1v) is 10.1. The first-order chi connectivity index (χ1) is 15.5. The number of pyridine rings is 1. The maximum atomic E-state index is 15.3. The average molecular weight is 460 g/mol. The molecule has 0 saturated carbocycles. The summed E-state index contributed by atoms with van der Waals surface area (Å²) >= 11 is 0. The van der Waals surface area contributed by atoms with Crippen molar-refractivity contribution in [2.75, 3.05) is 25.2 Å². The van der Waals surface area contributed by atoms with Gasteiger partial charge in [0.1, 0.15) is 17.1 Å². The van der Waals surface area contributed by atoms with Gasteiger partial charge in [0, 0.05) is 13.1 Å². The number of nitrogens with zero attached hydrogens (tertiary/aromatic N) is 3. The normalized spacial score (nSPS) is 22.0. The van der Waals surface area contributed by atoms with Gasteiger partial charge in [0.2, 0.25) is 16.0 Å². The first kappa shape index (κ1) is 18.4. The Labute approximate surface area is 180 Å². The van der Waals surface area contributed by atoms with Gasteiger partial charge < -0.3 is 15.8 Å². The van der Waals surface area contributed by atoms with E-state index in [1.165, 1.54) is 0 Å². The minimum atomic E-state index is -4.06. The molecule has 2 aromatic rings. The lowest BCUT2D eigenvalue weighted by Gasteiger charge is -2.35. The van der Waals surface area contributed by atoms with Gasteiger partial charge in [-0.15, -0.1) is 0 Å². The van der Waals surface area contributed by atoms with Gasteiger partial charge in [-0.05, 0) is 19.1 Å². The SMILES string of the molecule is [2H]C([2H])([2H])Oc1cnc(C(=O)Nc2ccc(F)c([C@]3(C)CS(=O)(=O)N(C)C(N)=N3)c2F)c(F)c1. The summed E-state index contributed by atoms with van der Waals surface area (Å²) in [4.78, 5) is 19.9. The molecule has 1 aromatic carbocycles. The third-order valence-corrected chi connectivity index (χ3v) is 6.54. The second kappa shape index (κ2) is 7.72. The van der Waals surface area contributed by atoms with Gasteiger partial charge in [0.25, 0.3) is 5.91 Å². The number of anilines is 1. The van der Waals surface area contributed by atoms with Crippen molar-refractivity contribution in [3.8, 4) is 5.75 Å². The van der Waals surface area contributed by atoms with E-state index in [0.29, 0.717) is 10.4 Å². The minimum absolute atomic E-state index is 0.476. The Balaban J connectivity index is 1.97. The summed E-state index contributed by atoms with van der Waals surface area (Å²) in [5.41, 5.74) is 1.42. The lowest BCUT2D eigenvalue weighted by molar-refractivity contribution is 0.101. The summed E-state index contributed by atoms with van der Waals surface area (Å²) < 4.78 is 95.1. The Morgan fingerprint density at radius 1 is 1.35 bits per heavy atom. The number of guanidine groups is 1. The second-order valence-electron chi connectivity index (χ2n) is 6.81.